The van der Waals surface area contributed by atoms with Crippen molar-refractivity contribution in [2.45, 2.75) is 0 Å². The molecule has 0 aromatic carbocycles. The van der Waals surface area contributed by atoms with E-state index in [-0.39, 0.29) is 0 Å². The highest BCUT2D eigenvalue weighted by molar-refractivity contribution is 9.10. The molecule has 0 bridgehead atoms. The smallest absolute Gasteiger partial charge is 0.236 e. The summed E-state index contributed by atoms with van der Waals surface area (Å²) >= 11 is 6.45. The predicted molar refractivity (Wildman–Crippen MR) is 85.8 cm³/mol. The van der Waals surface area contributed by atoms with Gasteiger partial charge in [0, 0.05) is 21.3 Å². The van der Waals surface area contributed by atoms with Crippen LogP contribution in [-0.2, 0) is 0 Å². The number of pyridine rings is 2. The van der Waals surface area contributed by atoms with Crippen LogP contribution < -0.4 is 20.9 Å². The van der Waals surface area contributed by atoms with Crippen LogP contribution in [0.5, 0.6) is 11.8 Å². The van der Waals surface area contributed by atoms with Crippen LogP contribution >= 0.6 is 31.9 Å². The molecule has 0 saturated heterocycles. The van der Waals surface area contributed by atoms with Crippen LogP contribution in [0.4, 0.5) is 11.4 Å². The van der Waals surface area contributed by atoms with Crippen molar-refractivity contribution < 1.29 is 9.47 Å². The second-order valence-electron chi connectivity index (χ2n) is 3.50. The maximum absolute atomic E-state index is 5.51. The van der Waals surface area contributed by atoms with Crippen molar-refractivity contribution >= 4 is 43.2 Å². The van der Waals surface area contributed by atoms with E-state index in [1.54, 1.807) is 24.5 Å². The Balaban J connectivity index is 0.000000200. The lowest BCUT2D eigenvalue weighted by Crippen LogP contribution is -1.94. The zero-order valence-corrected chi connectivity index (χ0v) is 14.1. The summed E-state index contributed by atoms with van der Waals surface area (Å²) in [5, 5.41) is 0. The van der Waals surface area contributed by atoms with Crippen LogP contribution in [0.2, 0.25) is 0 Å². The SMILES string of the molecule is COc1ncc(Br)cc1N.COc1ncc(Br)cc1N. The Morgan fingerprint density at radius 2 is 1.20 bits per heavy atom. The Labute approximate surface area is 133 Å². The zero-order chi connectivity index (χ0) is 15.1. The molecule has 8 heteroatoms. The van der Waals surface area contributed by atoms with Gasteiger partial charge >= 0.3 is 0 Å². The molecule has 0 unspecified atom stereocenters. The summed E-state index contributed by atoms with van der Waals surface area (Å²) in [4.78, 5) is 7.80. The first-order chi connectivity index (χ1) is 9.47. The fourth-order valence-corrected chi connectivity index (χ4v) is 1.92. The summed E-state index contributed by atoms with van der Waals surface area (Å²) in [5.41, 5.74) is 12.1. The summed E-state index contributed by atoms with van der Waals surface area (Å²) < 4.78 is 11.4. The molecule has 0 spiro atoms. The van der Waals surface area contributed by atoms with E-state index in [0.717, 1.165) is 8.95 Å². The topological polar surface area (TPSA) is 96.3 Å². The van der Waals surface area contributed by atoms with Crippen LogP contribution in [0.25, 0.3) is 0 Å². The van der Waals surface area contributed by atoms with Gasteiger partial charge in [-0.25, -0.2) is 9.97 Å². The van der Waals surface area contributed by atoms with Crippen LogP contribution in [0.1, 0.15) is 0 Å². The van der Waals surface area contributed by atoms with Gasteiger partial charge in [0.25, 0.3) is 0 Å². The molecule has 0 aliphatic carbocycles. The van der Waals surface area contributed by atoms with Gasteiger partial charge in [-0.3, -0.25) is 0 Å². The van der Waals surface area contributed by atoms with Crippen LogP contribution in [0.15, 0.2) is 33.5 Å². The molecule has 2 rings (SSSR count). The Bertz CT molecular complexity index is 530. The van der Waals surface area contributed by atoms with Crippen molar-refractivity contribution in [2.75, 3.05) is 25.7 Å². The van der Waals surface area contributed by atoms with Gasteiger partial charge in [0.2, 0.25) is 11.8 Å². The Kier molecular flexibility index (Phi) is 6.53. The number of rotatable bonds is 2. The lowest BCUT2D eigenvalue weighted by molar-refractivity contribution is 0.400. The molecular formula is C12H14Br2N4O2. The summed E-state index contributed by atoms with van der Waals surface area (Å²) in [6, 6.07) is 3.48. The molecule has 108 valence electrons. The van der Waals surface area contributed by atoms with E-state index in [9.17, 15) is 0 Å². The molecule has 0 saturated carbocycles. The van der Waals surface area contributed by atoms with Gasteiger partial charge < -0.3 is 20.9 Å². The highest BCUT2D eigenvalue weighted by Gasteiger charge is 1.99. The number of ether oxygens (including phenoxy) is 2. The number of methoxy groups -OCH3 is 2. The molecular weight excluding hydrogens is 392 g/mol. The minimum atomic E-state index is 0.461. The van der Waals surface area contributed by atoms with Gasteiger partial charge in [-0.15, -0.1) is 0 Å². The molecule has 0 radical (unpaired) electrons. The first kappa shape index (κ1) is 16.5. The molecule has 0 aliphatic rings. The first-order valence-electron chi connectivity index (χ1n) is 5.38. The Morgan fingerprint density at radius 1 is 0.850 bits per heavy atom. The van der Waals surface area contributed by atoms with Crippen molar-refractivity contribution in [1.82, 2.24) is 9.97 Å². The van der Waals surface area contributed by atoms with Crippen LogP contribution in [0, 0.1) is 0 Å². The molecule has 2 aromatic rings. The number of nitrogens with zero attached hydrogens (tertiary/aromatic N) is 2. The van der Waals surface area contributed by atoms with Gasteiger partial charge in [0.15, 0.2) is 0 Å². The van der Waals surface area contributed by atoms with E-state index in [1.165, 1.54) is 14.2 Å². The number of nitrogen functional groups attached to an aromatic ring is 2. The highest BCUT2D eigenvalue weighted by Crippen LogP contribution is 2.21. The van der Waals surface area contributed by atoms with E-state index in [2.05, 4.69) is 41.8 Å². The maximum atomic E-state index is 5.51. The second-order valence-corrected chi connectivity index (χ2v) is 5.34. The Hall–Kier alpha value is -1.54. The molecule has 2 aromatic heterocycles. The quantitative estimate of drug-likeness (QED) is 0.797. The van der Waals surface area contributed by atoms with E-state index in [1.807, 2.05) is 0 Å². The summed E-state index contributed by atoms with van der Waals surface area (Å²) in [7, 11) is 3.07. The average Bonchev–Trinajstić information content (AvgIpc) is 2.40. The highest BCUT2D eigenvalue weighted by atomic mass is 79.9. The van der Waals surface area contributed by atoms with Crippen molar-refractivity contribution in [3.05, 3.63) is 33.5 Å². The largest absolute Gasteiger partial charge is 0.480 e. The van der Waals surface area contributed by atoms with E-state index in [4.69, 9.17) is 20.9 Å². The van der Waals surface area contributed by atoms with E-state index < -0.39 is 0 Å². The molecule has 4 N–H and O–H groups in total. The molecule has 20 heavy (non-hydrogen) atoms. The number of nitrogens with two attached hydrogens (primary N) is 2. The Morgan fingerprint density at radius 3 is 1.45 bits per heavy atom. The lowest BCUT2D eigenvalue weighted by atomic mass is 10.4. The summed E-state index contributed by atoms with van der Waals surface area (Å²) in [6.45, 7) is 0. The number of hydrogen-bond acceptors (Lipinski definition) is 6. The number of aromatic nitrogens is 2. The fourth-order valence-electron chi connectivity index (χ4n) is 1.23. The second kappa shape index (κ2) is 7.91. The maximum Gasteiger partial charge on any atom is 0.236 e. The molecule has 2 heterocycles. The van der Waals surface area contributed by atoms with E-state index >= 15 is 0 Å². The van der Waals surface area contributed by atoms with Gasteiger partial charge in [0.1, 0.15) is 0 Å². The molecule has 0 amide bonds. The van der Waals surface area contributed by atoms with E-state index in [0.29, 0.717) is 23.1 Å². The average molecular weight is 406 g/mol. The first-order valence-corrected chi connectivity index (χ1v) is 6.96. The predicted octanol–water partition coefficient (Wildman–Crippen LogP) is 2.87. The van der Waals surface area contributed by atoms with Crippen molar-refractivity contribution in [3.63, 3.8) is 0 Å². The molecule has 0 atom stereocenters. The minimum Gasteiger partial charge on any atom is -0.480 e. The summed E-state index contributed by atoms with van der Waals surface area (Å²) in [5.74, 6) is 0.923. The standard InChI is InChI=1S/2C6H7BrN2O/c2*1-10-6-5(8)2-4(7)3-9-6/h2*2-3H,8H2,1H3. The normalized spacial score (nSPS) is 9.40. The van der Waals surface area contributed by atoms with Gasteiger partial charge in [-0.05, 0) is 44.0 Å². The zero-order valence-electron chi connectivity index (χ0n) is 10.9. The molecule has 6 nitrogen and oxygen atoms in total. The fraction of sp³-hybridized carbons (Fsp3) is 0.167. The summed E-state index contributed by atoms with van der Waals surface area (Å²) in [6.07, 6.45) is 3.27. The lowest BCUT2D eigenvalue weighted by Gasteiger charge is -2.01. The monoisotopic (exact) mass is 404 g/mol. The van der Waals surface area contributed by atoms with Crippen molar-refractivity contribution in [2.24, 2.45) is 0 Å². The van der Waals surface area contributed by atoms with Crippen molar-refractivity contribution in [1.29, 1.82) is 0 Å². The van der Waals surface area contributed by atoms with Gasteiger partial charge in [-0.2, -0.15) is 0 Å². The van der Waals surface area contributed by atoms with Gasteiger partial charge in [-0.1, -0.05) is 0 Å². The third kappa shape index (κ3) is 4.86. The number of halogens is 2. The third-order valence-electron chi connectivity index (χ3n) is 2.08. The van der Waals surface area contributed by atoms with Crippen molar-refractivity contribution in [3.8, 4) is 11.8 Å². The number of anilines is 2. The van der Waals surface area contributed by atoms with Crippen LogP contribution in [-0.4, -0.2) is 24.2 Å². The molecule has 0 aliphatic heterocycles. The van der Waals surface area contributed by atoms with Gasteiger partial charge in [0.05, 0.1) is 25.6 Å². The molecule has 0 fully saturated rings. The third-order valence-corrected chi connectivity index (χ3v) is 2.94. The van der Waals surface area contributed by atoms with Crippen LogP contribution in [0.3, 0.4) is 0 Å². The minimum absolute atomic E-state index is 0.461. The number of hydrogen-bond donors (Lipinski definition) is 2.